The summed E-state index contributed by atoms with van der Waals surface area (Å²) in [5.41, 5.74) is 6.46. The van der Waals surface area contributed by atoms with E-state index in [0.717, 1.165) is 24.9 Å². The van der Waals surface area contributed by atoms with Gasteiger partial charge in [-0.15, -0.1) is 5.10 Å². The molecule has 2 N–H and O–H groups in total. The second kappa shape index (κ2) is 5.44. The fourth-order valence-electron chi connectivity index (χ4n) is 1.43. The number of nitrogens with zero attached hydrogens (tertiary/aromatic N) is 6. The Balaban J connectivity index is 2.15. The third-order valence-electron chi connectivity index (χ3n) is 2.34. The molecule has 0 amide bonds. The Morgan fingerprint density at radius 1 is 1.24 bits per heavy atom. The second-order valence-electron chi connectivity index (χ2n) is 3.81. The number of nitrogens with two attached hydrogens (primary N) is 1. The zero-order valence-corrected chi connectivity index (χ0v) is 9.74. The highest BCUT2D eigenvalue weighted by Gasteiger charge is 2.10. The first-order chi connectivity index (χ1) is 8.31. The average Bonchev–Trinajstić information content (AvgIpc) is 2.79. The number of aromatic nitrogens is 6. The van der Waals surface area contributed by atoms with Gasteiger partial charge in [-0.3, -0.25) is 0 Å². The lowest BCUT2D eigenvalue weighted by Crippen LogP contribution is -2.07. The summed E-state index contributed by atoms with van der Waals surface area (Å²) in [5.74, 6) is 1.15. The summed E-state index contributed by atoms with van der Waals surface area (Å²) in [5, 5.41) is 11.5. The van der Waals surface area contributed by atoms with E-state index in [0.29, 0.717) is 18.2 Å². The van der Waals surface area contributed by atoms with Crippen LogP contribution in [0.2, 0.25) is 0 Å². The SMILES string of the molecule is Cc1cnc(-c2nnnn2CCCCN)nc1. The van der Waals surface area contributed by atoms with E-state index >= 15 is 0 Å². The molecule has 90 valence electrons. The van der Waals surface area contributed by atoms with Gasteiger partial charge >= 0.3 is 0 Å². The van der Waals surface area contributed by atoms with Gasteiger partial charge in [0.15, 0.2) is 5.82 Å². The quantitative estimate of drug-likeness (QED) is 0.740. The Kier molecular flexibility index (Phi) is 3.71. The van der Waals surface area contributed by atoms with Crippen LogP contribution in [0.1, 0.15) is 18.4 Å². The van der Waals surface area contributed by atoms with E-state index in [9.17, 15) is 0 Å². The van der Waals surface area contributed by atoms with Crippen molar-refractivity contribution < 1.29 is 0 Å². The van der Waals surface area contributed by atoms with Gasteiger partial charge in [0.1, 0.15) is 0 Å². The van der Waals surface area contributed by atoms with Crippen molar-refractivity contribution in [2.24, 2.45) is 5.73 Å². The number of tetrazole rings is 1. The van der Waals surface area contributed by atoms with Gasteiger partial charge in [-0.2, -0.15) is 0 Å². The molecule has 0 unspecified atom stereocenters. The van der Waals surface area contributed by atoms with Crippen LogP contribution >= 0.6 is 0 Å². The van der Waals surface area contributed by atoms with Crippen molar-refractivity contribution in [3.05, 3.63) is 18.0 Å². The Morgan fingerprint density at radius 3 is 2.71 bits per heavy atom. The molecular formula is C10H15N7. The predicted octanol–water partition coefficient (Wildman–Crippen LogP) is 0.177. The van der Waals surface area contributed by atoms with E-state index in [2.05, 4.69) is 25.5 Å². The van der Waals surface area contributed by atoms with E-state index < -0.39 is 0 Å². The molecule has 0 aromatic carbocycles. The standard InChI is InChI=1S/C10H15N7/c1-8-6-12-9(13-7-8)10-14-15-16-17(10)5-3-2-4-11/h6-7H,2-5,11H2,1H3. The van der Waals surface area contributed by atoms with Gasteiger partial charge in [-0.1, -0.05) is 0 Å². The molecule has 2 rings (SSSR count). The maximum Gasteiger partial charge on any atom is 0.219 e. The molecule has 0 saturated carbocycles. The molecule has 17 heavy (non-hydrogen) atoms. The van der Waals surface area contributed by atoms with Crippen LogP contribution in [0.5, 0.6) is 0 Å². The predicted molar refractivity (Wildman–Crippen MR) is 61.9 cm³/mol. The van der Waals surface area contributed by atoms with Crippen LogP contribution in [0.3, 0.4) is 0 Å². The second-order valence-corrected chi connectivity index (χ2v) is 3.81. The summed E-state index contributed by atoms with van der Waals surface area (Å²) in [7, 11) is 0. The molecule has 7 heteroatoms. The van der Waals surface area contributed by atoms with E-state index in [1.54, 1.807) is 17.1 Å². The van der Waals surface area contributed by atoms with Gasteiger partial charge in [-0.25, -0.2) is 14.6 Å². The number of unbranched alkanes of at least 4 members (excludes halogenated alkanes) is 1. The topological polar surface area (TPSA) is 95.4 Å². The van der Waals surface area contributed by atoms with Crippen molar-refractivity contribution in [3.8, 4) is 11.6 Å². The maximum absolute atomic E-state index is 5.45. The number of hydrogen-bond donors (Lipinski definition) is 1. The fraction of sp³-hybridized carbons (Fsp3) is 0.500. The molecule has 0 atom stereocenters. The first kappa shape index (κ1) is 11.6. The third-order valence-corrected chi connectivity index (χ3v) is 2.34. The van der Waals surface area contributed by atoms with Crippen molar-refractivity contribution >= 4 is 0 Å². The molecule has 0 aliphatic rings. The first-order valence-electron chi connectivity index (χ1n) is 5.56. The first-order valence-corrected chi connectivity index (χ1v) is 5.56. The minimum atomic E-state index is 0.549. The van der Waals surface area contributed by atoms with Crippen LogP contribution in [-0.2, 0) is 6.54 Å². The van der Waals surface area contributed by atoms with Crippen molar-refractivity contribution in [2.45, 2.75) is 26.3 Å². The number of hydrogen-bond acceptors (Lipinski definition) is 6. The van der Waals surface area contributed by atoms with Crippen LogP contribution in [0.4, 0.5) is 0 Å². The van der Waals surface area contributed by atoms with Gasteiger partial charge in [-0.05, 0) is 42.3 Å². The summed E-state index contributed by atoms with van der Waals surface area (Å²) in [6.45, 7) is 3.35. The van der Waals surface area contributed by atoms with Crippen molar-refractivity contribution in [1.82, 2.24) is 30.2 Å². The van der Waals surface area contributed by atoms with E-state index in [1.807, 2.05) is 6.92 Å². The van der Waals surface area contributed by atoms with Gasteiger partial charge in [0.25, 0.3) is 0 Å². The van der Waals surface area contributed by atoms with E-state index in [-0.39, 0.29) is 0 Å². The smallest absolute Gasteiger partial charge is 0.219 e. The highest BCUT2D eigenvalue weighted by molar-refractivity contribution is 5.41. The van der Waals surface area contributed by atoms with Crippen molar-refractivity contribution in [3.63, 3.8) is 0 Å². The highest BCUT2D eigenvalue weighted by atomic mass is 15.5. The van der Waals surface area contributed by atoms with Gasteiger partial charge in [0, 0.05) is 18.9 Å². The molecule has 0 aliphatic heterocycles. The lowest BCUT2D eigenvalue weighted by atomic mass is 10.3. The van der Waals surface area contributed by atoms with Gasteiger partial charge < -0.3 is 5.73 Å². The third kappa shape index (κ3) is 2.82. The molecular weight excluding hydrogens is 218 g/mol. The summed E-state index contributed by atoms with van der Waals surface area (Å²) in [6.07, 6.45) is 5.40. The lowest BCUT2D eigenvalue weighted by Gasteiger charge is -2.02. The van der Waals surface area contributed by atoms with Crippen LogP contribution in [0.15, 0.2) is 12.4 Å². The van der Waals surface area contributed by atoms with Crippen molar-refractivity contribution in [2.75, 3.05) is 6.54 Å². The molecule has 0 radical (unpaired) electrons. The number of aryl methyl sites for hydroxylation is 2. The minimum absolute atomic E-state index is 0.549. The Morgan fingerprint density at radius 2 is 2.00 bits per heavy atom. The normalized spacial score (nSPS) is 10.7. The summed E-state index contributed by atoms with van der Waals surface area (Å²) < 4.78 is 1.71. The highest BCUT2D eigenvalue weighted by Crippen LogP contribution is 2.10. The average molecular weight is 233 g/mol. The molecule has 0 aliphatic carbocycles. The minimum Gasteiger partial charge on any atom is -0.330 e. The molecule has 0 spiro atoms. The Labute approximate surface area is 99.1 Å². The Hall–Kier alpha value is -1.89. The molecule has 0 fully saturated rings. The molecule has 7 nitrogen and oxygen atoms in total. The molecule has 0 bridgehead atoms. The van der Waals surface area contributed by atoms with Gasteiger partial charge in [0.2, 0.25) is 5.82 Å². The molecule has 2 heterocycles. The Bertz CT molecular complexity index is 462. The van der Waals surface area contributed by atoms with Crippen LogP contribution < -0.4 is 5.73 Å². The lowest BCUT2D eigenvalue weighted by molar-refractivity contribution is 0.547. The van der Waals surface area contributed by atoms with Crippen LogP contribution in [0.25, 0.3) is 11.6 Å². The molecule has 0 saturated heterocycles. The van der Waals surface area contributed by atoms with Crippen LogP contribution in [-0.4, -0.2) is 36.7 Å². The summed E-state index contributed by atoms with van der Waals surface area (Å²) in [6, 6.07) is 0. The molecule has 2 aromatic heterocycles. The number of rotatable bonds is 5. The van der Waals surface area contributed by atoms with E-state index in [1.165, 1.54) is 0 Å². The molecule has 2 aromatic rings. The summed E-state index contributed by atoms with van der Waals surface area (Å²) in [4.78, 5) is 8.42. The maximum atomic E-state index is 5.45. The zero-order chi connectivity index (χ0) is 12.1. The van der Waals surface area contributed by atoms with E-state index in [4.69, 9.17) is 5.73 Å². The fourth-order valence-corrected chi connectivity index (χ4v) is 1.43. The van der Waals surface area contributed by atoms with Crippen molar-refractivity contribution in [1.29, 1.82) is 0 Å². The van der Waals surface area contributed by atoms with Crippen LogP contribution in [0, 0.1) is 6.92 Å². The largest absolute Gasteiger partial charge is 0.330 e. The van der Waals surface area contributed by atoms with Gasteiger partial charge in [0.05, 0.1) is 0 Å². The monoisotopic (exact) mass is 233 g/mol. The zero-order valence-electron chi connectivity index (χ0n) is 9.74. The summed E-state index contributed by atoms with van der Waals surface area (Å²) >= 11 is 0.